The van der Waals surface area contributed by atoms with Crippen molar-refractivity contribution in [3.8, 4) is 34.8 Å². The van der Waals surface area contributed by atoms with Gasteiger partial charge in [-0.15, -0.1) is 0 Å². The average molecular weight is 520 g/mol. The summed E-state index contributed by atoms with van der Waals surface area (Å²) in [5.74, 6) is -0.267. The smallest absolute Gasteiger partial charge is 0.348 e. The third-order valence-electron chi connectivity index (χ3n) is 4.31. The number of hydrogen-bond acceptors (Lipinski definition) is 9. The molecule has 0 spiro atoms. The zero-order chi connectivity index (χ0) is 24.5. The lowest BCUT2D eigenvalue weighted by molar-refractivity contribution is -0.137. The van der Waals surface area contributed by atoms with Crippen LogP contribution in [0.5, 0.6) is 28.7 Å². The van der Waals surface area contributed by atoms with Crippen molar-refractivity contribution in [1.29, 1.82) is 5.26 Å². The van der Waals surface area contributed by atoms with E-state index in [-0.39, 0.29) is 40.7 Å². The average Bonchev–Trinajstić information content (AvgIpc) is 2.82. The standard InChI is InChI=1S/C23H22BrNO8/c1-6-32-22(26)14(12-25)9-13-7-8-16(17(10-13)28-2)33-23(27)15-11-18(29-3)20(30-4)21(31-5)19(15)24/h7-11H,6H2,1-5H3/b14-9+. The van der Waals surface area contributed by atoms with Crippen molar-refractivity contribution in [2.24, 2.45) is 0 Å². The Morgan fingerprint density at radius 3 is 2.18 bits per heavy atom. The van der Waals surface area contributed by atoms with Gasteiger partial charge in [0, 0.05) is 0 Å². The van der Waals surface area contributed by atoms with Gasteiger partial charge < -0.3 is 28.4 Å². The van der Waals surface area contributed by atoms with Crippen LogP contribution in [0.15, 0.2) is 34.3 Å². The Balaban J connectivity index is 2.41. The minimum Gasteiger partial charge on any atom is -0.493 e. The lowest BCUT2D eigenvalue weighted by Gasteiger charge is -2.16. The minimum absolute atomic E-state index is 0.120. The van der Waals surface area contributed by atoms with Crippen molar-refractivity contribution in [3.05, 3.63) is 45.4 Å². The van der Waals surface area contributed by atoms with Gasteiger partial charge in [0.1, 0.15) is 11.6 Å². The molecule has 0 aliphatic heterocycles. The molecule has 174 valence electrons. The SMILES string of the molecule is CCOC(=O)/C(C#N)=C/c1ccc(OC(=O)c2cc(OC)c(OC)c(OC)c2Br)c(OC)c1. The van der Waals surface area contributed by atoms with E-state index in [4.69, 9.17) is 28.4 Å². The third-order valence-corrected chi connectivity index (χ3v) is 5.09. The van der Waals surface area contributed by atoms with E-state index in [0.717, 1.165) is 0 Å². The van der Waals surface area contributed by atoms with Gasteiger partial charge in [-0.2, -0.15) is 5.26 Å². The van der Waals surface area contributed by atoms with E-state index in [1.807, 2.05) is 0 Å². The number of esters is 2. The number of benzene rings is 2. The molecule has 2 aromatic carbocycles. The van der Waals surface area contributed by atoms with E-state index in [0.29, 0.717) is 15.8 Å². The van der Waals surface area contributed by atoms with E-state index in [2.05, 4.69) is 15.9 Å². The Morgan fingerprint density at radius 1 is 0.970 bits per heavy atom. The van der Waals surface area contributed by atoms with Crippen molar-refractivity contribution >= 4 is 33.9 Å². The summed E-state index contributed by atoms with van der Waals surface area (Å²) >= 11 is 3.34. The predicted molar refractivity (Wildman–Crippen MR) is 122 cm³/mol. The molecule has 0 bridgehead atoms. The van der Waals surface area contributed by atoms with Gasteiger partial charge in [-0.1, -0.05) is 6.07 Å². The summed E-state index contributed by atoms with van der Waals surface area (Å²) in [6.45, 7) is 1.79. The number of carbonyl (C=O) groups is 2. The molecule has 0 unspecified atom stereocenters. The number of halogens is 1. The highest BCUT2D eigenvalue weighted by Gasteiger charge is 2.25. The van der Waals surface area contributed by atoms with Crippen LogP contribution in [0.3, 0.4) is 0 Å². The van der Waals surface area contributed by atoms with Crippen molar-refractivity contribution in [2.45, 2.75) is 6.92 Å². The molecule has 2 aromatic rings. The largest absolute Gasteiger partial charge is 0.493 e. The fourth-order valence-corrected chi connectivity index (χ4v) is 3.41. The van der Waals surface area contributed by atoms with Gasteiger partial charge in [-0.25, -0.2) is 9.59 Å². The van der Waals surface area contributed by atoms with Crippen molar-refractivity contribution < 1.29 is 38.0 Å². The second kappa shape index (κ2) is 11.8. The Hall–Kier alpha value is -3.71. The fraction of sp³-hybridized carbons (Fsp3) is 0.261. The van der Waals surface area contributed by atoms with Crippen molar-refractivity contribution in [3.63, 3.8) is 0 Å². The molecule has 0 fully saturated rings. The summed E-state index contributed by atoms with van der Waals surface area (Å²) in [4.78, 5) is 24.8. The van der Waals surface area contributed by atoms with Gasteiger partial charge >= 0.3 is 11.9 Å². The van der Waals surface area contributed by atoms with Crippen LogP contribution >= 0.6 is 15.9 Å². The van der Waals surface area contributed by atoms with Gasteiger partial charge in [-0.05, 0) is 52.7 Å². The maximum Gasteiger partial charge on any atom is 0.348 e. The van der Waals surface area contributed by atoms with Gasteiger partial charge in [0.15, 0.2) is 23.0 Å². The fourth-order valence-electron chi connectivity index (χ4n) is 2.80. The zero-order valence-electron chi connectivity index (χ0n) is 18.7. The second-order valence-corrected chi connectivity index (χ2v) is 6.99. The lowest BCUT2D eigenvalue weighted by Crippen LogP contribution is -2.11. The van der Waals surface area contributed by atoms with Crippen LogP contribution in [0.4, 0.5) is 0 Å². The molecular formula is C23H22BrNO8. The molecule has 0 aliphatic carbocycles. The predicted octanol–water partition coefficient (Wildman–Crippen LogP) is 4.17. The second-order valence-electron chi connectivity index (χ2n) is 6.20. The Morgan fingerprint density at radius 2 is 1.64 bits per heavy atom. The summed E-state index contributed by atoms with van der Waals surface area (Å²) in [7, 11) is 5.71. The Kier molecular flexibility index (Phi) is 9.12. The maximum absolute atomic E-state index is 12.9. The number of nitrogens with zero attached hydrogens (tertiary/aromatic N) is 1. The van der Waals surface area contributed by atoms with Crippen LogP contribution in [-0.2, 0) is 9.53 Å². The highest BCUT2D eigenvalue weighted by atomic mass is 79.9. The van der Waals surface area contributed by atoms with Crippen LogP contribution in [-0.4, -0.2) is 47.0 Å². The lowest BCUT2D eigenvalue weighted by atomic mass is 10.1. The molecule has 0 saturated heterocycles. The van der Waals surface area contributed by atoms with Crippen LogP contribution in [0.25, 0.3) is 6.08 Å². The minimum atomic E-state index is -0.735. The Bertz CT molecular complexity index is 1120. The number of carbonyl (C=O) groups excluding carboxylic acids is 2. The molecule has 33 heavy (non-hydrogen) atoms. The topological polar surface area (TPSA) is 113 Å². The molecule has 9 nitrogen and oxygen atoms in total. The van der Waals surface area contributed by atoms with E-state index >= 15 is 0 Å². The molecule has 0 radical (unpaired) electrons. The molecule has 0 N–H and O–H groups in total. The molecule has 0 aliphatic rings. The first-order chi connectivity index (χ1) is 15.8. The molecule has 0 heterocycles. The number of ether oxygens (including phenoxy) is 6. The van der Waals surface area contributed by atoms with Crippen LogP contribution in [0.1, 0.15) is 22.8 Å². The molecule has 0 aromatic heterocycles. The summed E-state index contributed by atoms with van der Waals surface area (Å²) in [5.41, 5.74) is 0.430. The highest BCUT2D eigenvalue weighted by molar-refractivity contribution is 9.10. The van der Waals surface area contributed by atoms with Gasteiger partial charge in [0.25, 0.3) is 0 Å². The Labute approximate surface area is 199 Å². The third kappa shape index (κ3) is 5.75. The molecular weight excluding hydrogens is 498 g/mol. The molecule has 2 rings (SSSR count). The molecule has 0 amide bonds. The van der Waals surface area contributed by atoms with Crippen molar-refractivity contribution in [1.82, 2.24) is 0 Å². The van der Waals surface area contributed by atoms with E-state index in [1.54, 1.807) is 19.1 Å². The first kappa shape index (κ1) is 25.5. The molecule has 0 saturated carbocycles. The number of hydrogen-bond donors (Lipinski definition) is 0. The first-order valence-electron chi connectivity index (χ1n) is 9.52. The van der Waals surface area contributed by atoms with Gasteiger partial charge in [0.05, 0.1) is 45.1 Å². The highest BCUT2D eigenvalue weighted by Crippen LogP contribution is 2.45. The maximum atomic E-state index is 12.9. The van der Waals surface area contributed by atoms with E-state index < -0.39 is 11.9 Å². The van der Waals surface area contributed by atoms with Gasteiger partial charge in [0.2, 0.25) is 5.75 Å². The molecule has 10 heteroatoms. The molecule has 0 atom stereocenters. The zero-order valence-corrected chi connectivity index (χ0v) is 20.3. The monoisotopic (exact) mass is 519 g/mol. The van der Waals surface area contributed by atoms with Gasteiger partial charge in [-0.3, -0.25) is 0 Å². The van der Waals surface area contributed by atoms with Crippen LogP contribution in [0.2, 0.25) is 0 Å². The summed E-state index contributed by atoms with van der Waals surface area (Å²) in [6, 6.07) is 7.81. The number of nitriles is 1. The van der Waals surface area contributed by atoms with Crippen LogP contribution < -0.4 is 23.7 Å². The quantitative estimate of drug-likeness (QED) is 0.208. The van der Waals surface area contributed by atoms with E-state index in [1.165, 1.54) is 52.7 Å². The number of rotatable bonds is 9. The summed E-state index contributed by atoms with van der Waals surface area (Å²) in [5, 5.41) is 9.21. The summed E-state index contributed by atoms with van der Waals surface area (Å²) < 4.78 is 31.9. The van der Waals surface area contributed by atoms with Crippen LogP contribution in [0, 0.1) is 11.3 Å². The van der Waals surface area contributed by atoms with E-state index in [9.17, 15) is 14.9 Å². The van der Waals surface area contributed by atoms with Crippen molar-refractivity contribution in [2.75, 3.05) is 35.0 Å². The number of methoxy groups -OCH3 is 4. The summed E-state index contributed by atoms with van der Waals surface area (Å²) in [6.07, 6.45) is 1.35. The normalized spacial score (nSPS) is 10.6. The first-order valence-corrected chi connectivity index (χ1v) is 10.3.